The van der Waals surface area contributed by atoms with Gasteiger partial charge in [-0.2, -0.15) is 0 Å². The van der Waals surface area contributed by atoms with Crippen LogP contribution in [0.4, 0.5) is 0 Å². The number of amides is 2. The average molecular weight is 893 g/mol. The number of carbonyl (C=O) groups is 6. The molecule has 0 bridgehead atoms. The van der Waals surface area contributed by atoms with Gasteiger partial charge < -0.3 is 20.5 Å². The molecule has 2 aliphatic carbocycles. The predicted octanol–water partition coefficient (Wildman–Crippen LogP) is 9.18. The number of carboxylic acid groups (broad SMARTS) is 1. The van der Waals surface area contributed by atoms with Crippen LogP contribution in [0.25, 0.3) is 0 Å². The largest absolute Gasteiger partial charge is 0.479 e. The zero-order valence-electron chi connectivity index (χ0n) is 39.0. The van der Waals surface area contributed by atoms with Crippen LogP contribution in [0.5, 0.6) is 0 Å². The molecule has 0 saturated heterocycles. The Bertz CT molecular complexity index is 2510. The van der Waals surface area contributed by atoms with Crippen LogP contribution >= 0.6 is 0 Å². The number of ether oxygens (including phenoxy) is 1. The van der Waals surface area contributed by atoms with E-state index in [1.54, 1.807) is 31.3 Å². The first-order valence-corrected chi connectivity index (χ1v) is 21.7. The van der Waals surface area contributed by atoms with Crippen LogP contribution in [-0.4, -0.2) is 68.6 Å². The second kappa shape index (κ2) is 24.1. The van der Waals surface area contributed by atoms with E-state index >= 15 is 0 Å². The van der Waals surface area contributed by atoms with E-state index in [1.807, 2.05) is 127 Å². The summed E-state index contributed by atoms with van der Waals surface area (Å²) in [6.07, 6.45) is 34.9. The summed E-state index contributed by atoms with van der Waals surface area (Å²) in [5.74, 6) is -4.54. The van der Waals surface area contributed by atoms with Gasteiger partial charge in [0.15, 0.2) is 17.7 Å². The van der Waals surface area contributed by atoms with Gasteiger partial charge in [0.1, 0.15) is 12.1 Å². The third kappa shape index (κ3) is 15.1. The third-order valence-corrected chi connectivity index (χ3v) is 11.3. The van der Waals surface area contributed by atoms with E-state index in [0.29, 0.717) is 24.0 Å². The number of hydrogen-bond acceptors (Lipinski definition) is 9. The van der Waals surface area contributed by atoms with E-state index in [-0.39, 0.29) is 30.1 Å². The zero-order chi connectivity index (χ0) is 48.4. The minimum absolute atomic E-state index is 0.213. The van der Waals surface area contributed by atoms with Crippen molar-refractivity contribution < 1.29 is 38.6 Å². The number of allylic oxidation sites excluding steroid dienone is 21. The lowest BCUT2D eigenvalue weighted by Crippen LogP contribution is -2.59. The number of aliphatic carboxylic acids is 1. The standard InChI is InChI=1S/C54H60N4O8/c1-36(17-11-19-38(3)23-25-41-26-28-45(46(59)31-41)54(8,52(64)65)58-51(63)43-22-14-30-56-34-43)15-9-10-16-37(2)18-12-20-39(4)24-27-44-40(5)49(61)47(32-53(44,6)7)66-48(60)35-57-50(62)42-21-13-29-55-33-42/h9-25,27,29-31,33-34,45,47H,26,28,32,35H2,1-8H3,(H,57,62)(H,58,63)(H,64,65)/b10-9+,17-11+,18-12+,25-23+,27-24+,36-15+,37-16+,38-19+,39-20+/t45-,47+,54?/m1/s1. The number of rotatable bonds is 18. The highest BCUT2D eigenvalue weighted by Gasteiger charge is 2.47. The Morgan fingerprint density at radius 3 is 1.86 bits per heavy atom. The number of nitrogens with one attached hydrogen (secondary N) is 2. The first-order chi connectivity index (χ1) is 31.3. The summed E-state index contributed by atoms with van der Waals surface area (Å²) in [4.78, 5) is 84.1. The van der Waals surface area contributed by atoms with Crippen molar-refractivity contribution in [1.82, 2.24) is 20.6 Å². The maximum absolute atomic E-state index is 13.2. The van der Waals surface area contributed by atoms with E-state index < -0.39 is 46.7 Å². The van der Waals surface area contributed by atoms with Gasteiger partial charge in [0.25, 0.3) is 11.8 Å². The van der Waals surface area contributed by atoms with Crippen LogP contribution in [0.3, 0.4) is 0 Å². The quantitative estimate of drug-likeness (QED) is 0.0964. The summed E-state index contributed by atoms with van der Waals surface area (Å²) in [5.41, 5.74) is 4.56. The van der Waals surface area contributed by atoms with E-state index in [9.17, 15) is 33.9 Å². The average Bonchev–Trinajstić information content (AvgIpc) is 3.28. The van der Waals surface area contributed by atoms with Crippen molar-refractivity contribution in [3.63, 3.8) is 0 Å². The van der Waals surface area contributed by atoms with Gasteiger partial charge in [-0.05, 0) is 107 Å². The zero-order valence-corrected chi connectivity index (χ0v) is 39.0. The van der Waals surface area contributed by atoms with Crippen LogP contribution < -0.4 is 10.6 Å². The number of nitrogens with zero attached hydrogens (tertiary/aromatic N) is 2. The maximum Gasteiger partial charge on any atom is 0.329 e. The highest BCUT2D eigenvalue weighted by atomic mass is 16.5. The molecular formula is C54H60N4O8. The van der Waals surface area contributed by atoms with Crippen molar-refractivity contribution in [3.05, 3.63) is 190 Å². The molecule has 2 amide bonds. The molecule has 344 valence electrons. The van der Waals surface area contributed by atoms with Crippen molar-refractivity contribution in [1.29, 1.82) is 0 Å². The first kappa shape index (κ1) is 51.3. The van der Waals surface area contributed by atoms with E-state index in [4.69, 9.17) is 4.74 Å². The summed E-state index contributed by atoms with van der Waals surface area (Å²) in [6.45, 7) is 14.7. The van der Waals surface area contributed by atoms with Gasteiger partial charge >= 0.3 is 11.9 Å². The summed E-state index contributed by atoms with van der Waals surface area (Å²) < 4.78 is 5.52. The Morgan fingerprint density at radius 2 is 1.33 bits per heavy atom. The number of ketones is 2. The monoisotopic (exact) mass is 892 g/mol. The number of aromatic nitrogens is 2. The molecule has 0 saturated carbocycles. The maximum atomic E-state index is 13.2. The molecule has 3 N–H and O–H groups in total. The number of pyridine rings is 2. The lowest BCUT2D eigenvalue weighted by atomic mass is 9.71. The lowest BCUT2D eigenvalue weighted by Gasteiger charge is -2.36. The molecule has 0 spiro atoms. The van der Waals surface area contributed by atoms with Gasteiger partial charge in [-0.25, -0.2) is 4.79 Å². The molecule has 3 atom stereocenters. The molecule has 0 radical (unpaired) electrons. The Hall–Kier alpha value is -7.34. The lowest BCUT2D eigenvalue weighted by molar-refractivity contribution is -0.155. The molecule has 4 rings (SSSR count). The summed E-state index contributed by atoms with van der Waals surface area (Å²) >= 11 is 0. The molecular weight excluding hydrogens is 833 g/mol. The summed E-state index contributed by atoms with van der Waals surface area (Å²) in [7, 11) is 0. The SMILES string of the molecule is CC1=C(/C=C/C(C)=C/C=C/C(C)=C/C=C/C=C(C)/C=C/C=C(C)/C=C/C2=CC(=O)[C@H](C(C)(NC(=O)c3cccnc3)C(=O)O)CC2)C(C)(C)C[C@H](OC(=O)CNC(=O)c2cccnc2)C1=O. The second-order valence-corrected chi connectivity index (χ2v) is 17.2. The fourth-order valence-electron chi connectivity index (χ4n) is 7.35. The van der Waals surface area contributed by atoms with E-state index in [1.165, 1.54) is 37.7 Å². The Labute approximate surface area is 387 Å². The van der Waals surface area contributed by atoms with Gasteiger partial charge in [-0.1, -0.05) is 121 Å². The van der Waals surface area contributed by atoms with Crippen LogP contribution in [0.2, 0.25) is 0 Å². The molecule has 0 aromatic carbocycles. The fourth-order valence-corrected chi connectivity index (χ4v) is 7.35. The molecule has 2 aromatic rings. The van der Waals surface area contributed by atoms with Gasteiger partial charge in [0.2, 0.25) is 0 Å². The molecule has 66 heavy (non-hydrogen) atoms. The topological polar surface area (TPSA) is 182 Å². The predicted molar refractivity (Wildman–Crippen MR) is 257 cm³/mol. The number of hydrogen-bond donors (Lipinski definition) is 3. The second-order valence-electron chi connectivity index (χ2n) is 17.2. The Balaban J connectivity index is 1.24. The van der Waals surface area contributed by atoms with Crippen LogP contribution in [0, 0.1) is 11.3 Å². The van der Waals surface area contributed by atoms with Crippen molar-refractivity contribution in [3.8, 4) is 0 Å². The van der Waals surface area contributed by atoms with Crippen molar-refractivity contribution in [2.75, 3.05) is 6.54 Å². The molecule has 2 aromatic heterocycles. The number of esters is 1. The molecule has 1 unspecified atom stereocenters. The Kier molecular flexibility index (Phi) is 18.7. The summed E-state index contributed by atoms with van der Waals surface area (Å²) in [5, 5.41) is 15.1. The minimum Gasteiger partial charge on any atom is -0.479 e. The number of carbonyl (C=O) groups excluding carboxylic acids is 5. The molecule has 12 nitrogen and oxygen atoms in total. The van der Waals surface area contributed by atoms with Crippen LogP contribution in [0.1, 0.15) is 95.4 Å². The highest BCUT2D eigenvalue weighted by Crippen LogP contribution is 2.41. The van der Waals surface area contributed by atoms with Crippen molar-refractivity contribution >= 4 is 35.3 Å². The molecule has 0 aliphatic heterocycles. The number of Topliss-reactive ketones (excluding diaryl/α,β-unsaturated/α-hetero) is 1. The number of carboxylic acids is 1. The molecule has 2 heterocycles. The van der Waals surface area contributed by atoms with Crippen LogP contribution in [0.15, 0.2) is 179 Å². The van der Waals surface area contributed by atoms with Gasteiger partial charge in [0.05, 0.1) is 17.0 Å². The van der Waals surface area contributed by atoms with Gasteiger partial charge in [0, 0.05) is 31.2 Å². The van der Waals surface area contributed by atoms with Crippen molar-refractivity contribution in [2.24, 2.45) is 11.3 Å². The molecule has 0 fully saturated rings. The highest BCUT2D eigenvalue weighted by molar-refractivity contribution is 6.03. The molecule has 12 heteroatoms. The van der Waals surface area contributed by atoms with E-state index in [2.05, 4.69) is 20.6 Å². The first-order valence-electron chi connectivity index (χ1n) is 21.7. The fraction of sp³-hybridized carbons (Fsp3) is 0.296. The minimum atomic E-state index is -1.78. The van der Waals surface area contributed by atoms with Crippen LogP contribution in [-0.2, 0) is 23.9 Å². The van der Waals surface area contributed by atoms with Crippen molar-refractivity contribution in [2.45, 2.75) is 86.3 Å². The Morgan fingerprint density at radius 1 is 0.803 bits per heavy atom. The molecule has 2 aliphatic rings. The van der Waals surface area contributed by atoms with Gasteiger partial charge in [-0.3, -0.25) is 33.9 Å². The smallest absolute Gasteiger partial charge is 0.329 e. The van der Waals surface area contributed by atoms with E-state index in [0.717, 1.165) is 33.4 Å². The summed E-state index contributed by atoms with van der Waals surface area (Å²) in [6, 6.07) is 6.33. The van der Waals surface area contributed by atoms with Gasteiger partial charge in [-0.15, -0.1) is 0 Å². The normalized spacial score (nSPS) is 19.8. The third-order valence-electron chi connectivity index (χ3n) is 11.3.